The van der Waals surface area contributed by atoms with E-state index in [1.807, 2.05) is 6.07 Å². The average Bonchev–Trinajstić information content (AvgIpc) is 2.53. The van der Waals surface area contributed by atoms with Crippen molar-refractivity contribution in [3.63, 3.8) is 0 Å². The molecule has 0 spiro atoms. The second kappa shape index (κ2) is 6.26. The Hall–Kier alpha value is -3.26. The van der Waals surface area contributed by atoms with Crippen molar-refractivity contribution in [2.24, 2.45) is 0 Å². The number of carbonyl (C=O) groups excluding carboxylic acids is 1. The number of ketones is 1. The van der Waals surface area contributed by atoms with Gasteiger partial charge in [0.1, 0.15) is 0 Å². The number of hydrogen-bond donors (Lipinski definition) is 0. The molecule has 2 rings (SSSR count). The van der Waals surface area contributed by atoms with Crippen LogP contribution < -0.4 is 0 Å². The van der Waals surface area contributed by atoms with Crippen LogP contribution in [0.25, 0.3) is 6.08 Å². The summed E-state index contributed by atoms with van der Waals surface area (Å²) < 4.78 is 0. The van der Waals surface area contributed by atoms with Gasteiger partial charge in [0, 0.05) is 17.7 Å². The molecule has 0 N–H and O–H groups in total. The Morgan fingerprint density at radius 3 is 2.52 bits per heavy atom. The highest BCUT2D eigenvalue weighted by atomic mass is 16.6. The number of allylic oxidation sites excluding steroid dienone is 1. The first-order valence-electron chi connectivity index (χ1n) is 6.07. The molecule has 0 radical (unpaired) electrons. The van der Waals surface area contributed by atoms with E-state index < -0.39 is 4.92 Å². The summed E-state index contributed by atoms with van der Waals surface area (Å²) in [6.45, 7) is 0. The molecule has 0 unspecified atom stereocenters. The highest BCUT2D eigenvalue weighted by molar-refractivity contribution is 6.06. The van der Waals surface area contributed by atoms with Gasteiger partial charge in [-0.25, -0.2) is 0 Å². The first-order chi connectivity index (χ1) is 10.1. The lowest BCUT2D eigenvalue weighted by Gasteiger charge is -1.96. The Labute approximate surface area is 120 Å². The second-order valence-corrected chi connectivity index (χ2v) is 4.24. The molecule has 0 amide bonds. The highest BCUT2D eigenvalue weighted by Crippen LogP contribution is 2.14. The van der Waals surface area contributed by atoms with Crippen molar-refractivity contribution in [3.8, 4) is 6.07 Å². The van der Waals surface area contributed by atoms with Gasteiger partial charge in [0.2, 0.25) is 0 Å². The third-order valence-electron chi connectivity index (χ3n) is 2.81. The van der Waals surface area contributed by atoms with Crippen molar-refractivity contribution < 1.29 is 9.72 Å². The van der Waals surface area contributed by atoms with Gasteiger partial charge < -0.3 is 0 Å². The maximum absolute atomic E-state index is 11.9. The molecule has 0 atom stereocenters. The van der Waals surface area contributed by atoms with Crippen LogP contribution in [0.1, 0.15) is 21.5 Å². The predicted molar refractivity (Wildman–Crippen MR) is 77.6 cm³/mol. The Bertz CT molecular complexity index is 756. The van der Waals surface area contributed by atoms with Gasteiger partial charge in [-0.05, 0) is 35.9 Å². The van der Waals surface area contributed by atoms with Gasteiger partial charge in [-0.2, -0.15) is 5.26 Å². The summed E-state index contributed by atoms with van der Waals surface area (Å²) in [7, 11) is 0. The molecular formula is C16H10N2O3. The van der Waals surface area contributed by atoms with E-state index in [-0.39, 0.29) is 11.5 Å². The molecule has 5 nitrogen and oxygen atoms in total. The van der Waals surface area contributed by atoms with Gasteiger partial charge in [-0.15, -0.1) is 0 Å². The molecule has 5 heteroatoms. The van der Waals surface area contributed by atoms with Crippen molar-refractivity contribution in [1.29, 1.82) is 5.26 Å². The van der Waals surface area contributed by atoms with Gasteiger partial charge >= 0.3 is 0 Å². The maximum atomic E-state index is 11.9. The predicted octanol–water partition coefficient (Wildman–Crippen LogP) is 3.36. The average molecular weight is 278 g/mol. The number of nitriles is 1. The van der Waals surface area contributed by atoms with Crippen LogP contribution in [0.4, 0.5) is 5.69 Å². The summed E-state index contributed by atoms with van der Waals surface area (Å²) in [5.74, 6) is -0.231. The van der Waals surface area contributed by atoms with Crippen molar-refractivity contribution in [3.05, 3.63) is 81.4 Å². The molecule has 0 saturated carbocycles. The largest absolute Gasteiger partial charge is 0.289 e. The zero-order valence-corrected chi connectivity index (χ0v) is 10.9. The van der Waals surface area contributed by atoms with Crippen LogP contribution in [-0.4, -0.2) is 10.7 Å². The molecule has 21 heavy (non-hydrogen) atoms. The van der Waals surface area contributed by atoms with Crippen molar-refractivity contribution in [2.45, 2.75) is 0 Å². The fourth-order valence-corrected chi connectivity index (χ4v) is 1.72. The lowest BCUT2D eigenvalue weighted by molar-refractivity contribution is -0.384. The third-order valence-corrected chi connectivity index (χ3v) is 2.81. The summed E-state index contributed by atoms with van der Waals surface area (Å²) in [4.78, 5) is 22.1. The van der Waals surface area contributed by atoms with E-state index in [1.165, 1.54) is 24.3 Å². The van der Waals surface area contributed by atoms with Gasteiger partial charge in [-0.3, -0.25) is 14.9 Å². The van der Waals surface area contributed by atoms with E-state index in [2.05, 4.69) is 0 Å². The molecule has 0 saturated heterocycles. The van der Waals surface area contributed by atoms with Crippen LogP contribution in [0.15, 0.2) is 54.6 Å². The molecule has 0 bridgehead atoms. The van der Waals surface area contributed by atoms with E-state index in [4.69, 9.17) is 5.26 Å². The topological polar surface area (TPSA) is 84.0 Å². The van der Waals surface area contributed by atoms with Crippen LogP contribution in [0.2, 0.25) is 0 Å². The van der Waals surface area contributed by atoms with Crippen LogP contribution in [0.3, 0.4) is 0 Å². The number of nitro groups is 1. The van der Waals surface area contributed by atoms with Gasteiger partial charge in [0.15, 0.2) is 5.78 Å². The molecule has 0 aliphatic heterocycles. The summed E-state index contributed by atoms with van der Waals surface area (Å²) in [5, 5.41) is 19.3. The van der Waals surface area contributed by atoms with Crippen LogP contribution in [0.5, 0.6) is 0 Å². The summed E-state index contributed by atoms with van der Waals surface area (Å²) >= 11 is 0. The number of carbonyl (C=O) groups is 1. The number of rotatable bonds is 4. The van der Waals surface area contributed by atoms with E-state index in [0.29, 0.717) is 16.7 Å². The summed E-state index contributed by atoms with van der Waals surface area (Å²) in [6, 6.07) is 14.3. The molecule has 0 aliphatic carbocycles. The van der Waals surface area contributed by atoms with E-state index in [9.17, 15) is 14.9 Å². The lowest BCUT2D eigenvalue weighted by Crippen LogP contribution is -1.94. The van der Waals surface area contributed by atoms with E-state index in [1.54, 1.807) is 36.4 Å². The molecular weight excluding hydrogens is 268 g/mol. The standard InChI is InChI=1S/C16H10N2O3/c17-11-13-4-7-14(8-5-13)16(19)9-6-12-2-1-3-15(10-12)18(20)21/h1-10H/b9-6+. The van der Waals surface area contributed by atoms with Gasteiger partial charge in [0.05, 0.1) is 16.6 Å². The highest BCUT2D eigenvalue weighted by Gasteiger charge is 2.05. The van der Waals surface area contributed by atoms with Gasteiger partial charge in [0.25, 0.3) is 5.69 Å². The smallest absolute Gasteiger partial charge is 0.270 e. The van der Waals surface area contributed by atoms with E-state index in [0.717, 1.165) is 0 Å². The van der Waals surface area contributed by atoms with Crippen LogP contribution in [0, 0.1) is 21.4 Å². The van der Waals surface area contributed by atoms with Gasteiger partial charge in [-0.1, -0.05) is 18.2 Å². The molecule has 0 aliphatic rings. The SMILES string of the molecule is N#Cc1ccc(C(=O)/C=C/c2cccc([N+](=O)[O-])c2)cc1. The molecule has 2 aromatic rings. The first kappa shape index (κ1) is 14.2. The van der Waals surface area contributed by atoms with Crippen LogP contribution >= 0.6 is 0 Å². The fourth-order valence-electron chi connectivity index (χ4n) is 1.72. The molecule has 0 aromatic heterocycles. The number of nitro benzene ring substituents is 1. The normalized spacial score (nSPS) is 10.2. The van der Waals surface area contributed by atoms with Crippen molar-refractivity contribution in [2.75, 3.05) is 0 Å². The van der Waals surface area contributed by atoms with E-state index >= 15 is 0 Å². The van der Waals surface area contributed by atoms with Crippen molar-refractivity contribution >= 4 is 17.5 Å². The molecule has 0 heterocycles. The quantitative estimate of drug-likeness (QED) is 0.371. The second-order valence-electron chi connectivity index (χ2n) is 4.24. The minimum absolute atomic E-state index is 0.0250. The summed E-state index contributed by atoms with van der Waals surface area (Å²) in [6.07, 6.45) is 2.87. The molecule has 102 valence electrons. The number of nitrogens with zero attached hydrogens (tertiary/aromatic N) is 2. The third kappa shape index (κ3) is 3.61. The molecule has 2 aromatic carbocycles. The number of non-ortho nitro benzene ring substituents is 1. The lowest BCUT2D eigenvalue weighted by atomic mass is 10.1. The maximum Gasteiger partial charge on any atom is 0.270 e. The minimum atomic E-state index is -0.486. The zero-order chi connectivity index (χ0) is 15.2. The van der Waals surface area contributed by atoms with Crippen LogP contribution in [-0.2, 0) is 0 Å². The minimum Gasteiger partial charge on any atom is -0.289 e. The number of hydrogen-bond acceptors (Lipinski definition) is 4. The Balaban J connectivity index is 2.16. The first-order valence-corrected chi connectivity index (χ1v) is 6.07. The fraction of sp³-hybridized carbons (Fsp3) is 0. The molecule has 0 fully saturated rings. The number of benzene rings is 2. The zero-order valence-electron chi connectivity index (χ0n) is 10.9. The Kier molecular flexibility index (Phi) is 4.22. The monoisotopic (exact) mass is 278 g/mol. The Morgan fingerprint density at radius 2 is 1.90 bits per heavy atom. The Morgan fingerprint density at radius 1 is 1.19 bits per heavy atom. The summed E-state index contributed by atoms with van der Waals surface area (Å²) in [5.41, 5.74) is 1.49. The van der Waals surface area contributed by atoms with Crippen molar-refractivity contribution in [1.82, 2.24) is 0 Å².